The molecule has 0 fully saturated rings. The number of benzene rings is 1. The number of nitro benzene ring substituents is 1. The number of rotatable bonds is 4. The molecule has 0 bridgehead atoms. The Morgan fingerprint density at radius 3 is 2.21 bits per heavy atom. The molecule has 0 saturated heterocycles. The maximum absolute atomic E-state index is 12.4. The van der Waals surface area contributed by atoms with Crippen molar-refractivity contribution in [1.82, 2.24) is 4.31 Å². The van der Waals surface area contributed by atoms with Crippen molar-refractivity contribution in [2.45, 2.75) is 38.6 Å². The van der Waals surface area contributed by atoms with Crippen molar-refractivity contribution >= 4 is 15.7 Å². The zero-order valence-corrected chi connectivity index (χ0v) is 12.5. The molecule has 1 aromatic rings. The first-order valence-electron chi connectivity index (χ1n) is 5.82. The van der Waals surface area contributed by atoms with Gasteiger partial charge in [-0.15, -0.1) is 0 Å². The van der Waals surface area contributed by atoms with Crippen LogP contribution in [0.5, 0.6) is 0 Å². The maximum Gasteiger partial charge on any atom is 0.271 e. The maximum atomic E-state index is 12.4. The fourth-order valence-corrected chi connectivity index (χ4v) is 3.30. The summed E-state index contributed by atoms with van der Waals surface area (Å²) in [6.45, 7) is 6.81. The number of hydrogen-bond acceptors (Lipinski definition) is 4. The van der Waals surface area contributed by atoms with Gasteiger partial charge < -0.3 is 0 Å². The van der Waals surface area contributed by atoms with Gasteiger partial charge in [-0.2, -0.15) is 4.31 Å². The fraction of sp³-hybridized carbons (Fsp3) is 0.500. The Hall–Kier alpha value is -1.47. The molecular weight excluding hydrogens is 268 g/mol. The van der Waals surface area contributed by atoms with E-state index in [1.165, 1.54) is 17.4 Å². The topological polar surface area (TPSA) is 80.5 Å². The molecule has 0 unspecified atom stereocenters. The number of non-ortho nitro benzene ring substituents is 1. The van der Waals surface area contributed by atoms with E-state index in [1.807, 2.05) is 0 Å². The lowest BCUT2D eigenvalue weighted by molar-refractivity contribution is -0.385. The first-order valence-corrected chi connectivity index (χ1v) is 7.26. The zero-order valence-electron chi connectivity index (χ0n) is 11.7. The van der Waals surface area contributed by atoms with Gasteiger partial charge in [-0.1, -0.05) is 0 Å². The third kappa shape index (κ3) is 2.93. The molecule has 0 aliphatic rings. The predicted octanol–water partition coefficient (Wildman–Crippen LogP) is 2.24. The Morgan fingerprint density at radius 2 is 1.79 bits per heavy atom. The summed E-state index contributed by atoms with van der Waals surface area (Å²) in [4.78, 5) is 10.3. The summed E-state index contributed by atoms with van der Waals surface area (Å²) in [5, 5.41) is 10.8. The number of sulfonamides is 1. The van der Waals surface area contributed by atoms with E-state index < -0.39 is 14.9 Å². The third-order valence-electron chi connectivity index (χ3n) is 3.20. The molecule has 0 atom stereocenters. The van der Waals surface area contributed by atoms with Gasteiger partial charge in [0.25, 0.3) is 5.69 Å². The Kier molecular flexibility index (Phi) is 4.32. The summed E-state index contributed by atoms with van der Waals surface area (Å²) in [6, 6.07) is 2.28. The molecule has 19 heavy (non-hydrogen) atoms. The van der Waals surface area contributed by atoms with Crippen molar-refractivity contribution in [3.8, 4) is 0 Å². The summed E-state index contributed by atoms with van der Waals surface area (Å²) in [6.07, 6.45) is 0. The van der Waals surface area contributed by atoms with Crippen molar-refractivity contribution in [1.29, 1.82) is 0 Å². The van der Waals surface area contributed by atoms with E-state index in [9.17, 15) is 18.5 Å². The summed E-state index contributed by atoms with van der Waals surface area (Å²) in [7, 11) is -2.25. The summed E-state index contributed by atoms with van der Waals surface area (Å²) in [5.41, 5.74) is 0.918. The summed E-state index contributed by atoms with van der Waals surface area (Å²) in [5.74, 6) is 0. The van der Waals surface area contributed by atoms with Crippen LogP contribution in [0.2, 0.25) is 0 Å². The number of aryl methyl sites for hydroxylation is 1. The third-order valence-corrected chi connectivity index (χ3v) is 5.36. The highest BCUT2D eigenvalue weighted by Gasteiger charge is 2.27. The highest BCUT2D eigenvalue weighted by atomic mass is 32.2. The second kappa shape index (κ2) is 5.26. The molecule has 0 spiro atoms. The largest absolute Gasteiger partial charge is 0.271 e. The molecule has 0 aliphatic heterocycles. The van der Waals surface area contributed by atoms with Gasteiger partial charge in [0.1, 0.15) is 0 Å². The molecule has 0 aliphatic carbocycles. The van der Waals surface area contributed by atoms with E-state index in [0.29, 0.717) is 11.1 Å². The van der Waals surface area contributed by atoms with Crippen LogP contribution in [0, 0.1) is 24.0 Å². The molecule has 0 saturated carbocycles. The van der Waals surface area contributed by atoms with Crippen LogP contribution < -0.4 is 0 Å². The lowest BCUT2D eigenvalue weighted by atomic mass is 10.1. The van der Waals surface area contributed by atoms with E-state index in [1.54, 1.807) is 27.7 Å². The highest BCUT2D eigenvalue weighted by molar-refractivity contribution is 7.89. The van der Waals surface area contributed by atoms with E-state index in [0.717, 1.165) is 6.07 Å². The van der Waals surface area contributed by atoms with Crippen molar-refractivity contribution in [2.24, 2.45) is 0 Å². The number of hydrogen-bond donors (Lipinski definition) is 0. The lowest BCUT2D eigenvalue weighted by Gasteiger charge is -2.22. The average molecular weight is 286 g/mol. The number of nitrogens with zero attached hydrogens (tertiary/aromatic N) is 2. The van der Waals surface area contributed by atoms with Crippen molar-refractivity contribution < 1.29 is 13.3 Å². The molecule has 0 aromatic heterocycles. The Labute approximate surface area is 113 Å². The predicted molar refractivity (Wildman–Crippen MR) is 72.7 cm³/mol. The van der Waals surface area contributed by atoms with Crippen LogP contribution in [0.25, 0.3) is 0 Å². The molecule has 0 heterocycles. The minimum absolute atomic E-state index is 0.00426. The van der Waals surface area contributed by atoms with Gasteiger partial charge in [-0.05, 0) is 38.8 Å². The zero-order chi connectivity index (χ0) is 15.0. The van der Waals surface area contributed by atoms with Crippen molar-refractivity contribution in [2.75, 3.05) is 7.05 Å². The number of nitro groups is 1. The molecule has 0 amide bonds. The lowest BCUT2D eigenvalue weighted by Crippen LogP contribution is -2.33. The van der Waals surface area contributed by atoms with Crippen LogP contribution in [-0.2, 0) is 10.0 Å². The van der Waals surface area contributed by atoms with Gasteiger partial charge >= 0.3 is 0 Å². The second-order valence-electron chi connectivity index (χ2n) is 4.76. The van der Waals surface area contributed by atoms with Crippen LogP contribution in [0.4, 0.5) is 5.69 Å². The first-order chi connectivity index (χ1) is 8.59. The molecule has 106 valence electrons. The highest BCUT2D eigenvalue weighted by Crippen LogP contribution is 2.27. The van der Waals surface area contributed by atoms with E-state index in [-0.39, 0.29) is 16.6 Å². The van der Waals surface area contributed by atoms with Gasteiger partial charge in [0.2, 0.25) is 10.0 Å². The molecule has 0 N–H and O–H groups in total. The van der Waals surface area contributed by atoms with Crippen LogP contribution in [0.1, 0.15) is 25.0 Å². The molecule has 1 aromatic carbocycles. The smallest absolute Gasteiger partial charge is 0.258 e. The summed E-state index contributed by atoms with van der Waals surface area (Å²) < 4.78 is 26.1. The van der Waals surface area contributed by atoms with Crippen molar-refractivity contribution in [3.63, 3.8) is 0 Å². The minimum Gasteiger partial charge on any atom is -0.258 e. The van der Waals surface area contributed by atoms with E-state index in [4.69, 9.17) is 0 Å². The van der Waals surface area contributed by atoms with Gasteiger partial charge in [-0.25, -0.2) is 8.42 Å². The Balaban J connectivity index is 3.54. The van der Waals surface area contributed by atoms with E-state index in [2.05, 4.69) is 0 Å². The van der Waals surface area contributed by atoms with Gasteiger partial charge in [0.15, 0.2) is 0 Å². The van der Waals surface area contributed by atoms with Crippen LogP contribution >= 0.6 is 0 Å². The molecule has 1 rings (SSSR count). The summed E-state index contributed by atoms with van der Waals surface area (Å²) >= 11 is 0. The van der Waals surface area contributed by atoms with Gasteiger partial charge in [0.05, 0.1) is 9.82 Å². The molecule has 0 radical (unpaired) electrons. The Morgan fingerprint density at radius 1 is 1.26 bits per heavy atom. The van der Waals surface area contributed by atoms with Crippen LogP contribution in [0.3, 0.4) is 0 Å². The van der Waals surface area contributed by atoms with Crippen molar-refractivity contribution in [3.05, 3.63) is 33.4 Å². The fourth-order valence-electron chi connectivity index (χ4n) is 1.61. The van der Waals surface area contributed by atoms with Crippen LogP contribution in [-0.4, -0.2) is 30.7 Å². The first kappa shape index (κ1) is 15.6. The standard InChI is InChI=1S/C12H18N2O4S/c1-8(2)13(5)19(17,18)12-7-11(14(15)16)6-9(3)10(12)4/h6-8H,1-5H3. The molecule has 7 heteroatoms. The van der Waals surface area contributed by atoms with Gasteiger partial charge in [-0.3, -0.25) is 10.1 Å². The second-order valence-corrected chi connectivity index (χ2v) is 6.72. The quantitative estimate of drug-likeness (QED) is 0.628. The Bertz CT molecular complexity index is 608. The molecular formula is C12H18N2O4S. The normalized spacial score (nSPS) is 12.2. The van der Waals surface area contributed by atoms with E-state index >= 15 is 0 Å². The SMILES string of the molecule is Cc1cc([N+](=O)[O-])cc(S(=O)(=O)N(C)C(C)C)c1C. The van der Waals surface area contributed by atoms with Crippen LogP contribution in [0.15, 0.2) is 17.0 Å². The average Bonchev–Trinajstić information content (AvgIpc) is 2.30. The monoisotopic (exact) mass is 286 g/mol. The molecule has 6 nitrogen and oxygen atoms in total. The van der Waals surface area contributed by atoms with Gasteiger partial charge in [0, 0.05) is 25.2 Å². The minimum atomic E-state index is -3.72.